The first-order chi connectivity index (χ1) is 11.2. The molecule has 1 aromatic heterocycles. The number of nitrogens with one attached hydrogen (secondary N) is 1. The van der Waals surface area contributed by atoms with Gasteiger partial charge < -0.3 is 10.2 Å². The number of rotatable bonds is 3. The molecule has 0 unspecified atom stereocenters. The second-order valence-electron chi connectivity index (χ2n) is 5.59. The minimum atomic E-state index is 0.215. The summed E-state index contributed by atoms with van der Waals surface area (Å²) in [5.74, 6) is 0.215. The highest BCUT2D eigenvalue weighted by Crippen LogP contribution is 2.33. The van der Waals surface area contributed by atoms with Crippen molar-refractivity contribution in [3.05, 3.63) is 48.0 Å². The quantitative estimate of drug-likeness (QED) is 0.780. The van der Waals surface area contributed by atoms with Crippen LogP contribution in [0.1, 0.15) is 18.9 Å². The molecule has 0 spiro atoms. The highest BCUT2D eigenvalue weighted by Gasteiger charge is 2.22. The third kappa shape index (κ3) is 2.57. The fourth-order valence-corrected chi connectivity index (χ4v) is 3.92. The largest absolute Gasteiger partial charge is 0.332 e. The van der Waals surface area contributed by atoms with Gasteiger partial charge in [0, 0.05) is 24.3 Å². The first-order valence-electron chi connectivity index (χ1n) is 7.80. The van der Waals surface area contributed by atoms with E-state index in [4.69, 9.17) is 0 Å². The highest BCUT2D eigenvalue weighted by atomic mass is 32.1. The predicted molar refractivity (Wildman–Crippen MR) is 95.7 cm³/mol. The van der Waals surface area contributed by atoms with Gasteiger partial charge in [-0.2, -0.15) is 0 Å². The second kappa shape index (κ2) is 5.66. The molecule has 0 saturated heterocycles. The maximum absolute atomic E-state index is 12.0. The molecule has 2 aromatic carbocycles. The number of hydrogen-bond donors (Lipinski definition) is 1. The zero-order valence-corrected chi connectivity index (χ0v) is 13.7. The molecule has 0 bridgehead atoms. The molecule has 1 aliphatic heterocycles. The van der Waals surface area contributed by atoms with Crippen molar-refractivity contribution in [2.24, 2.45) is 0 Å². The van der Waals surface area contributed by atoms with Crippen LogP contribution in [0.5, 0.6) is 0 Å². The number of thiazole rings is 1. The number of aromatic nitrogens is 1. The van der Waals surface area contributed by atoms with Gasteiger partial charge in [0.15, 0.2) is 5.13 Å². The lowest BCUT2D eigenvalue weighted by atomic mass is 10.0. The minimum Gasteiger partial charge on any atom is -0.332 e. The van der Waals surface area contributed by atoms with Crippen LogP contribution in [0.25, 0.3) is 10.2 Å². The number of benzene rings is 2. The lowest BCUT2D eigenvalue weighted by Crippen LogP contribution is -2.34. The SMILES string of the molecule is CCN1C(=O)CCc2cc(Nc3nc4ccccc4s3)ccc21. The monoisotopic (exact) mass is 323 g/mol. The van der Waals surface area contributed by atoms with Gasteiger partial charge in [-0.3, -0.25) is 4.79 Å². The number of anilines is 3. The average molecular weight is 323 g/mol. The van der Waals surface area contributed by atoms with Gasteiger partial charge in [-0.1, -0.05) is 23.5 Å². The van der Waals surface area contributed by atoms with Crippen LogP contribution in [-0.4, -0.2) is 17.4 Å². The Morgan fingerprint density at radius 3 is 2.91 bits per heavy atom. The molecule has 5 heteroatoms. The van der Waals surface area contributed by atoms with Gasteiger partial charge in [-0.05, 0) is 49.2 Å². The zero-order valence-electron chi connectivity index (χ0n) is 12.9. The first-order valence-corrected chi connectivity index (χ1v) is 8.62. The molecule has 0 fully saturated rings. The Bertz CT molecular complexity index is 854. The molecular formula is C18H17N3OS. The lowest BCUT2D eigenvalue weighted by Gasteiger charge is -2.28. The second-order valence-corrected chi connectivity index (χ2v) is 6.62. The number of carbonyl (C=O) groups excluding carboxylic acids is 1. The van der Waals surface area contributed by atoms with Crippen molar-refractivity contribution in [2.45, 2.75) is 19.8 Å². The van der Waals surface area contributed by atoms with Crippen LogP contribution in [-0.2, 0) is 11.2 Å². The Morgan fingerprint density at radius 1 is 1.22 bits per heavy atom. The van der Waals surface area contributed by atoms with Gasteiger partial charge in [0.2, 0.25) is 5.91 Å². The molecule has 4 nitrogen and oxygen atoms in total. The van der Waals surface area contributed by atoms with E-state index in [9.17, 15) is 4.79 Å². The van der Waals surface area contributed by atoms with Crippen molar-refractivity contribution >= 4 is 44.0 Å². The van der Waals surface area contributed by atoms with E-state index >= 15 is 0 Å². The summed E-state index contributed by atoms with van der Waals surface area (Å²) < 4.78 is 1.18. The van der Waals surface area contributed by atoms with Crippen LogP contribution < -0.4 is 10.2 Å². The summed E-state index contributed by atoms with van der Waals surface area (Å²) in [6.45, 7) is 2.73. The van der Waals surface area contributed by atoms with Crippen molar-refractivity contribution in [1.29, 1.82) is 0 Å². The molecule has 0 atom stereocenters. The fraction of sp³-hybridized carbons (Fsp3) is 0.222. The van der Waals surface area contributed by atoms with Crippen LogP contribution in [0, 0.1) is 0 Å². The molecule has 116 valence electrons. The van der Waals surface area contributed by atoms with E-state index in [0.717, 1.165) is 35.0 Å². The average Bonchev–Trinajstić information content (AvgIpc) is 2.97. The number of fused-ring (bicyclic) bond motifs is 2. The smallest absolute Gasteiger partial charge is 0.227 e. The molecule has 1 aliphatic rings. The number of nitrogens with zero attached hydrogens (tertiary/aromatic N) is 2. The van der Waals surface area contributed by atoms with Crippen molar-refractivity contribution in [1.82, 2.24) is 4.98 Å². The highest BCUT2D eigenvalue weighted by molar-refractivity contribution is 7.22. The van der Waals surface area contributed by atoms with Crippen LogP contribution in [0.15, 0.2) is 42.5 Å². The van der Waals surface area contributed by atoms with Crippen LogP contribution >= 0.6 is 11.3 Å². The maximum Gasteiger partial charge on any atom is 0.227 e. The standard InChI is InChI=1S/C18H17N3OS/c1-2-21-15-9-8-13(11-12(15)7-10-17(21)22)19-18-20-14-5-3-4-6-16(14)23-18/h3-6,8-9,11H,2,7,10H2,1H3,(H,19,20). The molecule has 23 heavy (non-hydrogen) atoms. The summed E-state index contributed by atoms with van der Waals surface area (Å²) in [6.07, 6.45) is 1.39. The van der Waals surface area contributed by atoms with Crippen molar-refractivity contribution in [3.8, 4) is 0 Å². The van der Waals surface area contributed by atoms with E-state index in [-0.39, 0.29) is 5.91 Å². The normalized spacial score (nSPS) is 14.1. The van der Waals surface area contributed by atoms with E-state index in [1.165, 1.54) is 10.3 Å². The van der Waals surface area contributed by atoms with E-state index in [1.54, 1.807) is 11.3 Å². The van der Waals surface area contributed by atoms with Crippen molar-refractivity contribution in [2.75, 3.05) is 16.8 Å². The topological polar surface area (TPSA) is 45.2 Å². The Morgan fingerprint density at radius 2 is 2.09 bits per heavy atom. The Labute approximate surface area is 138 Å². The number of carbonyl (C=O) groups is 1. The van der Waals surface area contributed by atoms with Gasteiger partial charge in [0.05, 0.1) is 10.2 Å². The summed E-state index contributed by atoms with van der Waals surface area (Å²) in [6, 6.07) is 14.3. The molecule has 4 rings (SSSR count). The van der Waals surface area contributed by atoms with Gasteiger partial charge >= 0.3 is 0 Å². The number of hydrogen-bond acceptors (Lipinski definition) is 4. The molecule has 0 radical (unpaired) electrons. The van der Waals surface area contributed by atoms with Crippen LogP contribution in [0.3, 0.4) is 0 Å². The summed E-state index contributed by atoms with van der Waals surface area (Å²) in [7, 11) is 0. The van der Waals surface area contributed by atoms with E-state index in [1.807, 2.05) is 42.2 Å². The first kappa shape index (κ1) is 14.2. The summed E-state index contributed by atoms with van der Waals surface area (Å²) >= 11 is 1.65. The lowest BCUT2D eigenvalue weighted by molar-refractivity contribution is -0.118. The van der Waals surface area contributed by atoms with E-state index in [2.05, 4.69) is 22.4 Å². The van der Waals surface area contributed by atoms with Gasteiger partial charge in [-0.15, -0.1) is 0 Å². The van der Waals surface area contributed by atoms with Crippen LogP contribution in [0.4, 0.5) is 16.5 Å². The zero-order chi connectivity index (χ0) is 15.8. The summed E-state index contributed by atoms with van der Waals surface area (Å²) in [5.41, 5.74) is 4.30. The maximum atomic E-state index is 12.0. The van der Waals surface area contributed by atoms with E-state index < -0.39 is 0 Å². The number of para-hydroxylation sites is 1. The fourth-order valence-electron chi connectivity index (χ4n) is 3.03. The van der Waals surface area contributed by atoms with Gasteiger partial charge in [0.1, 0.15) is 0 Å². The Balaban J connectivity index is 1.64. The molecule has 0 saturated carbocycles. The molecular weight excluding hydrogens is 306 g/mol. The van der Waals surface area contributed by atoms with Crippen LogP contribution in [0.2, 0.25) is 0 Å². The number of amides is 1. The molecule has 1 amide bonds. The van der Waals surface area contributed by atoms with Gasteiger partial charge in [-0.25, -0.2) is 4.98 Å². The Hall–Kier alpha value is -2.40. The van der Waals surface area contributed by atoms with Crippen molar-refractivity contribution < 1.29 is 4.79 Å². The van der Waals surface area contributed by atoms with E-state index in [0.29, 0.717) is 6.42 Å². The van der Waals surface area contributed by atoms with Gasteiger partial charge in [0.25, 0.3) is 0 Å². The predicted octanol–water partition coefficient (Wildman–Crippen LogP) is 4.34. The third-order valence-corrected chi connectivity index (χ3v) is 5.09. The summed E-state index contributed by atoms with van der Waals surface area (Å²) in [5, 5.41) is 4.29. The molecule has 0 aliphatic carbocycles. The Kier molecular flexibility index (Phi) is 3.50. The van der Waals surface area contributed by atoms with Crippen molar-refractivity contribution in [3.63, 3.8) is 0 Å². The molecule has 1 N–H and O–H groups in total. The summed E-state index contributed by atoms with van der Waals surface area (Å²) in [4.78, 5) is 18.4. The molecule has 3 aromatic rings. The minimum absolute atomic E-state index is 0.215. The number of aryl methyl sites for hydroxylation is 1. The molecule has 2 heterocycles. The third-order valence-electron chi connectivity index (χ3n) is 4.14.